The number of rotatable bonds is 10. The van der Waals surface area contributed by atoms with Crippen LogP contribution in [0.1, 0.15) is 35.3 Å². The molecule has 8 heteroatoms. The summed E-state index contributed by atoms with van der Waals surface area (Å²) >= 11 is 0. The SMILES string of the molecule is CC(C)COc1ccc(/C=N\NC(=O)c2ccc(CN(c3ccccc3)S(C)(=O)=O)cc2)cc1. The molecule has 7 nitrogen and oxygen atoms in total. The number of ether oxygens (including phenoxy) is 1. The quantitative estimate of drug-likeness (QED) is 0.344. The number of nitrogens with one attached hydrogen (secondary N) is 1. The molecule has 0 aliphatic carbocycles. The number of anilines is 1. The summed E-state index contributed by atoms with van der Waals surface area (Å²) < 4.78 is 31.5. The predicted octanol–water partition coefficient (Wildman–Crippen LogP) is 4.45. The van der Waals surface area contributed by atoms with Gasteiger partial charge in [-0.05, 0) is 65.6 Å². The summed E-state index contributed by atoms with van der Waals surface area (Å²) in [4.78, 5) is 12.4. The van der Waals surface area contributed by atoms with E-state index >= 15 is 0 Å². The fourth-order valence-corrected chi connectivity index (χ4v) is 3.95. The van der Waals surface area contributed by atoms with Crippen LogP contribution in [0.4, 0.5) is 5.69 Å². The van der Waals surface area contributed by atoms with Gasteiger partial charge in [-0.25, -0.2) is 13.8 Å². The zero-order chi connectivity index (χ0) is 24.6. The highest BCUT2D eigenvalue weighted by Crippen LogP contribution is 2.20. The van der Waals surface area contributed by atoms with Crippen LogP contribution in [-0.2, 0) is 16.6 Å². The summed E-state index contributed by atoms with van der Waals surface area (Å²) in [6.45, 7) is 5.00. The van der Waals surface area contributed by atoms with E-state index in [2.05, 4.69) is 24.4 Å². The lowest BCUT2D eigenvalue weighted by Crippen LogP contribution is -2.29. The van der Waals surface area contributed by atoms with Gasteiger partial charge < -0.3 is 4.74 Å². The number of sulfonamides is 1. The number of hydrazone groups is 1. The zero-order valence-corrected chi connectivity index (χ0v) is 20.3. The van der Waals surface area contributed by atoms with Crippen molar-refractivity contribution >= 4 is 27.8 Å². The van der Waals surface area contributed by atoms with Gasteiger partial charge in [-0.15, -0.1) is 0 Å². The molecule has 3 rings (SSSR count). The Hall–Kier alpha value is -3.65. The molecule has 3 aromatic carbocycles. The standard InChI is InChI=1S/C26H29N3O4S/c1-20(2)19-33-25-15-11-21(12-16-25)17-27-28-26(30)23-13-9-22(10-14-23)18-29(34(3,31)32)24-7-5-4-6-8-24/h4-17,20H,18-19H2,1-3H3,(H,28,30)/b27-17-. The summed E-state index contributed by atoms with van der Waals surface area (Å²) in [5, 5.41) is 4.01. The Morgan fingerprint density at radius 3 is 2.24 bits per heavy atom. The summed E-state index contributed by atoms with van der Waals surface area (Å²) in [6, 6.07) is 23.1. The minimum absolute atomic E-state index is 0.166. The lowest BCUT2D eigenvalue weighted by atomic mass is 10.1. The Kier molecular flexibility index (Phi) is 8.43. The molecular weight excluding hydrogens is 450 g/mol. The van der Waals surface area contributed by atoms with Crippen molar-refractivity contribution in [3.63, 3.8) is 0 Å². The van der Waals surface area contributed by atoms with E-state index in [0.717, 1.165) is 16.9 Å². The molecule has 0 spiro atoms. The van der Waals surface area contributed by atoms with Crippen LogP contribution in [0, 0.1) is 5.92 Å². The van der Waals surface area contributed by atoms with E-state index in [1.54, 1.807) is 54.7 Å². The first-order valence-electron chi connectivity index (χ1n) is 10.9. The van der Waals surface area contributed by atoms with Crippen LogP contribution in [0.15, 0.2) is 84.0 Å². The average Bonchev–Trinajstić information content (AvgIpc) is 2.82. The van der Waals surface area contributed by atoms with Crippen LogP contribution >= 0.6 is 0 Å². The second-order valence-corrected chi connectivity index (χ2v) is 10.2. The van der Waals surface area contributed by atoms with Gasteiger partial charge in [-0.1, -0.05) is 44.2 Å². The maximum atomic E-state index is 12.4. The van der Waals surface area contributed by atoms with E-state index in [0.29, 0.717) is 23.8 Å². The third kappa shape index (κ3) is 7.45. The van der Waals surface area contributed by atoms with E-state index in [-0.39, 0.29) is 12.5 Å². The monoisotopic (exact) mass is 479 g/mol. The van der Waals surface area contributed by atoms with Gasteiger partial charge in [0, 0.05) is 5.56 Å². The molecule has 0 aliphatic heterocycles. The van der Waals surface area contributed by atoms with Gasteiger partial charge >= 0.3 is 0 Å². The highest BCUT2D eigenvalue weighted by Gasteiger charge is 2.17. The Labute approximate surface area is 201 Å². The van der Waals surface area contributed by atoms with Crippen LogP contribution in [-0.4, -0.2) is 33.4 Å². The molecule has 1 N–H and O–H groups in total. The summed E-state index contributed by atoms with van der Waals surface area (Å²) in [5.41, 5.74) is 5.10. The number of amides is 1. The molecule has 0 aliphatic rings. The van der Waals surface area contributed by atoms with Gasteiger partial charge in [0.1, 0.15) is 5.75 Å². The number of hydrogen-bond donors (Lipinski definition) is 1. The zero-order valence-electron chi connectivity index (χ0n) is 19.5. The second kappa shape index (κ2) is 11.5. The summed E-state index contributed by atoms with van der Waals surface area (Å²) in [6.07, 6.45) is 2.73. The van der Waals surface area contributed by atoms with Crippen LogP contribution in [0.25, 0.3) is 0 Å². The van der Waals surface area contributed by atoms with Crippen molar-refractivity contribution in [1.29, 1.82) is 0 Å². The topological polar surface area (TPSA) is 88.1 Å². The van der Waals surface area contributed by atoms with Crippen LogP contribution < -0.4 is 14.5 Å². The molecule has 34 heavy (non-hydrogen) atoms. The molecule has 178 valence electrons. The molecule has 0 aromatic heterocycles. The van der Waals surface area contributed by atoms with Crippen molar-refractivity contribution in [3.8, 4) is 5.75 Å². The third-order valence-corrected chi connectivity index (χ3v) is 5.97. The van der Waals surface area contributed by atoms with Gasteiger partial charge in [0.2, 0.25) is 10.0 Å². The fraction of sp³-hybridized carbons (Fsp3) is 0.231. The lowest BCUT2D eigenvalue weighted by Gasteiger charge is -2.22. The van der Waals surface area contributed by atoms with Gasteiger partial charge in [-0.2, -0.15) is 5.10 Å². The Balaban J connectivity index is 1.58. The molecule has 0 saturated carbocycles. The van der Waals surface area contributed by atoms with Crippen molar-refractivity contribution < 1.29 is 17.9 Å². The van der Waals surface area contributed by atoms with Crippen LogP contribution in [0.3, 0.4) is 0 Å². The predicted molar refractivity (Wildman–Crippen MR) is 136 cm³/mol. The molecule has 0 atom stereocenters. The van der Waals surface area contributed by atoms with Gasteiger partial charge in [0.05, 0.1) is 31.3 Å². The van der Waals surface area contributed by atoms with E-state index in [1.165, 1.54) is 10.6 Å². The average molecular weight is 480 g/mol. The molecule has 1 amide bonds. The van der Waals surface area contributed by atoms with Crippen molar-refractivity contribution in [3.05, 3.63) is 95.6 Å². The first-order valence-corrected chi connectivity index (χ1v) is 12.7. The largest absolute Gasteiger partial charge is 0.493 e. The van der Waals surface area contributed by atoms with E-state index in [1.807, 2.05) is 30.3 Å². The number of para-hydroxylation sites is 1. The molecule has 0 unspecified atom stereocenters. The summed E-state index contributed by atoms with van der Waals surface area (Å²) in [7, 11) is -3.46. The summed E-state index contributed by atoms with van der Waals surface area (Å²) in [5.74, 6) is 0.882. The highest BCUT2D eigenvalue weighted by atomic mass is 32.2. The first kappa shape index (κ1) is 25.0. The Bertz CT molecular complexity index is 1210. The Morgan fingerprint density at radius 2 is 1.65 bits per heavy atom. The Morgan fingerprint density at radius 1 is 1.00 bits per heavy atom. The molecule has 0 saturated heterocycles. The molecule has 0 fully saturated rings. The van der Waals surface area contributed by atoms with E-state index in [4.69, 9.17) is 4.74 Å². The van der Waals surface area contributed by atoms with Crippen molar-refractivity contribution in [2.24, 2.45) is 11.0 Å². The molecule has 0 bridgehead atoms. The third-order valence-electron chi connectivity index (χ3n) is 4.83. The van der Waals surface area contributed by atoms with Gasteiger partial charge in [-0.3, -0.25) is 9.10 Å². The van der Waals surface area contributed by atoms with Gasteiger partial charge in [0.15, 0.2) is 0 Å². The maximum Gasteiger partial charge on any atom is 0.271 e. The lowest BCUT2D eigenvalue weighted by molar-refractivity contribution is 0.0955. The van der Waals surface area contributed by atoms with E-state index < -0.39 is 10.0 Å². The first-order chi connectivity index (χ1) is 16.2. The van der Waals surface area contributed by atoms with Crippen molar-refractivity contribution in [2.75, 3.05) is 17.2 Å². The minimum atomic E-state index is -3.46. The molecule has 0 heterocycles. The molecule has 3 aromatic rings. The van der Waals surface area contributed by atoms with Crippen LogP contribution in [0.2, 0.25) is 0 Å². The number of nitrogens with zero attached hydrogens (tertiary/aromatic N) is 2. The van der Waals surface area contributed by atoms with Crippen molar-refractivity contribution in [1.82, 2.24) is 5.43 Å². The maximum absolute atomic E-state index is 12.4. The number of carbonyl (C=O) groups is 1. The minimum Gasteiger partial charge on any atom is -0.493 e. The van der Waals surface area contributed by atoms with Gasteiger partial charge in [0.25, 0.3) is 5.91 Å². The number of benzene rings is 3. The van der Waals surface area contributed by atoms with Crippen LogP contribution in [0.5, 0.6) is 5.75 Å². The number of carbonyl (C=O) groups excluding carboxylic acids is 1. The van der Waals surface area contributed by atoms with E-state index in [9.17, 15) is 13.2 Å². The van der Waals surface area contributed by atoms with Crippen molar-refractivity contribution in [2.45, 2.75) is 20.4 Å². The highest BCUT2D eigenvalue weighted by molar-refractivity contribution is 7.92. The second-order valence-electron chi connectivity index (χ2n) is 8.28. The number of hydrogen-bond acceptors (Lipinski definition) is 5. The normalized spacial score (nSPS) is 11.5. The molecular formula is C26H29N3O4S. The fourth-order valence-electron chi connectivity index (χ4n) is 3.06. The molecule has 0 radical (unpaired) electrons. The smallest absolute Gasteiger partial charge is 0.271 e.